The van der Waals surface area contributed by atoms with Gasteiger partial charge in [0.2, 0.25) is 0 Å². The highest BCUT2D eigenvalue weighted by Crippen LogP contribution is 2.46. The lowest BCUT2D eigenvalue weighted by molar-refractivity contribution is 0.670. The van der Waals surface area contributed by atoms with Gasteiger partial charge in [0.1, 0.15) is 22.3 Å². The van der Waals surface area contributed by atoms with Crippen LogP contribution in [-0.2, 0) is 0 Å². The zero-order valence-electron chi connectivity index (χ0n) is 31.2. The highest BCUT2D eigenvalue weighted by atomic mass is 16.3. The van der Waals surface area contributed by atoms with Crippen LogP contribution in [0.2, 0.25) is 0 Å². The molecule has 0 amide bonds. The van der Waals surface area contributed by atoms with Crippen molar-refractivity contribution < 1.29 is 8.83 Å². The second-order valence-electron chi connectivity index (χ2n) is 15.2. The van der Waals surface area contributed by atoms with E-state index in [1.807, 2.05) is 0 Å². The summed E-state index contributed by atoms with van der Waals surface area (Å²) >= 11 is 0. The molecule has 0 N–H and O–H groups in total. The molecule has 0 radical (unpaired) electrons. The van der Waals surface area contributed by atoms with Crippen LogP contribution in [0.25, 0.3) is 121 Å². The third-order valence-corrected chi connectivity index (χ3v) is 12.1. The van der Waals surface area contributed by atoms with Crippen molar-refractivity contribution in [1.82, 2.24) is 9.13 Å². The van der Waals surface area contributed by atoms with Crippen LogP contribution < -0.4 is 0 Å². The highest BCUT2D eigenvalue weighted by molar-refractivity contribution is 6.29. The molecule has 0 atom stereocenters. The molecule has 0 saturated carbocycles. The molecule has 4 heterocycles. The summed E-state index contributed by atoms with van der Waals surface area (Å²) < 4.78 is 18.3. The maximum atomic E-state index is 6.79. The third kappa shape index (κ3) is 4.29. The zero-order valence-corrected chi connectivity index (χ0v) is 31.2. The van der Waals surface area contributed by atoms with E-state index < -0.39 is 0 Å². The number of hydrogen-bond donors (Lipinski definition) is 0. The van der Waals surface area contributed by atoms with Gasteiger partial charge >= 0.3 is 0 Å². The predicted molar refractivity (Wildman–Crippen MR) is 241 cm³/mol. The lowest BCUT2D eigenvalue weighted by atomic mass is 9.97. The maximum Gasteiger partial charge on any atom is 0.143 e. The van der Waals surface area contributed by atoms with Gasteiger partial charge in [-0.05, 0) is 71.8 Å². The molecule has 9 aromatic carbocycles. The molecule has 0 fully saturated rings. The quantitative estimate of drug-likeness (QED) is 0.180. The van der Waals surface area contributed by atoms with Gasteiger partial charge in [-0.15, -0.1) is 0 Å². The van der Waals surface area contributed by atoms with E-state index in [0.29, 0.717) is 0 Å². The fourth-order valence-corrected chi connectivity index (χ4v) is 9.69. The summed E-state index contributed by atoms with van der Waals surface area (Å²) in [6.45, 7) is 0. The summed E-state index contributed by atoms with van der Waals surface area (Å²) in [5.74, 6) is 0. The van der Waals surface area contributed by atoms with Crippen molar-refractivity contribution in [3.05, 3.63) is 194 Å². The monoisotopic (exact) mass is 740 g/mol. The second kappa shape index (κ2) is 11.8. The largest absolute Gasteiger partial charge is 0.455 e. The van der Waals surface area contributed by atoms with E-state index >= 15 is 0 Å². The van der Waals surface area contributed by atoms with Gasteiger partial charge in [0.25, 0.3) is 0 Å². The minimum absolute atomic E-state index is 0.889. The number of benzene rings is 9. The molecular weight excluding hydrogens is 709 g/mol. The number of nitrogens with zero attached hydrogens (tertiary/aromatic N) is 2. The number of rotatable bonds is 4. The Labute approximate surface area is 332 Å². The zero-order chi connectivity index (χ0) is 37.9. The first-order valence-electron chi connectivity index (χ1n) is 19.8. The molecule has 0 saturated heterocycles. The molecule has 0 unspecified atom stereocenters. The summed E-state index contributed by atoms with van der Waals surface area (Å²) in [6, 6.07) is 69.1. The van der Waals surface area contributed by atoms with Crippen LogP contribution in [-0.4, -0.2) is 9.13 Å². The van der Waals surface area contributed by atoms with Crippen molar-refractivity contribution in [3.63, 3.8) is 0 Å². The first-order valence-corrected chi connectivity index (χ1v) is 19.8. The van der Waals surface area contributed by atoms with Crippen LogP contribution in [0.3, 0.4) is 0 Å². The van der Waals surface area contributed by atoms with Crippen LogP contribution in [0.4, 0.5) is 0 Å². The first kappa shape index (κ1) is 31.4. The molecule has 4 heteroatoms. The normalized spacial score (nSPS) is 12.1. The van der Waals surface area contributed by atoms with E-state index in [1.54, 1.807) is 0 Å². The van der Waals surface area contributed by atoms with Gasteiger partial charge in [0.15, 0.2) is 0 Å². The molecule has 0 aliphatic rings. The van der Waals surface area contributed by atoms with Gasteiger partial charge in [-0.25, -0.2) is 0 Å². The van der Waals surface area contributed by atoms with Crippen molar-refractivity contribution in [2.24, 2.45) is 0 Å². The number of aromatic nitrogens is 2. The summed E-state index contributed by atoms with van der Waals surface area (Å²) in [6.07, 6.45) is 0. The van der Waals surface area contributed by atoms with Gasteiger partial charge in [-0.3, -0.25) is 0 Å². The summed E-state index contributed by atoms with van der Waals surface area (Å²) in [5, 5.41) is 9.38. The summed E-state index contributed by atoms with van der Waals surface area (Å²) in [7, 11) is 0. The predicted octanol–water partition coefficient (Wildman–Crippen LogP) is 15.0. The van der Waals surface area contributed by atoms with Crippen molar-refractivity contribution >= 4 is 87.5 Å². The topological polar surface area (TPSA) is 36.1 Å². The molecular formula is C54H32N2O2. The number of para-hydroxylation sites is 6. The van der Waals surface area contributed by atoms with E-state index in [4.69, 9.17) is 8.83 Å². The van der Waals surface area contributed by atoms with Gasteiger partial charge in [-0.2, -0.15) is 0 Å². The van der Waals surface area contributed by atoms with Gasteiger partial charge in [0.05, 0.1) is 22.1 Å². The Morgan fingerprint density at radius 1 is 0.276 bits per heavy atom. The molecule has 13 aromatic rings. The van der Waals surface area contributed by atoms with Crippen molar-refractivity contribution in [2.45, 2.75) is 0 Å². The van der Waals surface area contributed by atoms with Crippen LogP contribution in [0.1, 0.15) is 0 Å². The third-order valence-electron chi connectivity index (χ3n) is 12.1. The van der Waals surface area contributed by atoms with E-state index in [1.165, 1.54) is 43.6 Å². The average Bonchev–Trinajstić information content (AvgIpc) is 4.04. The number of fused-ring (bicyclic) bond motifs is 14. The minimum Gasteiger partial charge on any atom is -0.455 e. The highest BCUT2D eigenvalue weighted by Gasteiger charge is 2.22. The maximum absolute atomic E-state index is 6.79. The molecule has 0 bridgehead atoms. The molecule has 58 heavy (non-hydrogen) atoms. The Balaban J connectivity index is 0.962. The Kier molecular flexibility index (Phi) is 6.41. The Morgan fingerprint density at radius 2 is 0.672 bits per heavy atom. The molecule has 0 aliphatic carbocycles. The van der Waals surface area contributed by atoms with Crippen molar-refractivity contribution in [2.75, 3.05) is 0 Å². The summed E-state index contributed by atoms with van der Waals surface area (Å²) in [4.78, 5) is 0. The second-order valence-corrected chi connectivity index (χ2v) is 15.2. The molecule has 0 spiro atoms. The fraction of sp³-hybridized carbons (Fsp3) is 0. The smallest absolute Gasteiger partial charge is 0.143 e. The van der Waals surface area contributed by atoms with E-state index in [-0.39, 0.29) is 0 Å². The van der Waals surface area contributed by atoms with Crippen LogP contribution in [0.15, 0.2) is 203 Å². The van der Waals surface area contributed by atoms with Crippen LogP contribution >= 0.6 is 0 Å². The average molecular weight is 741 g/mol. The van der Waals surface area contributed by atoms with Crippen LogP contribution in [0.5, 0.6) is 0 Å². The SMILES string of the molecule is c1ccc(-n2c3ccccc3c3c4c(ccc32)oc2c(-c3ccc(-c5cccc6c5oc5ccc7c(c8ccccc8n7-c7ccccc7)c56)cc3)cccc24)cc1. The van der Waals surface area contributed by atoms with Gasteiger partial charge in [-0.1, -0.05) is 133 Å². The Hall–Kier alpha value is -7.82. The van der Waals surface area contributed by atoms with E-state index in [0.717, 1.165) is 77.5 Å². The lowest BCUT2D eigenvalue weighted by Gasteiger charge is -2.07. The fourth-order valence-electron chi connectivity index (χ4n) is 9.69. The first-order chi connectivity index (χ1) is 28.8. The Morgan fingerprint density at radius 3 is 1.12 bits per heavy atom. The molecule has 4 nitrogen and oxygen atoms in total. The molecule has 0 aliphatic heterocycles. The minimum atomic E-state index is 0.889. The van der Waals surface area contributed by atoms with Crippen molar-refractivity contribution in [1.29, 1.82) is 0 Å². The molecule has 270 valence electrons. The van der Waals surface area contributed by atoms with Crippen LogP contribution in [0, 0.1) is 0 Å². The summed E-state index contributed by atoms with van der Waals surface area (Å²) in [5.41, 5.74) is 14.9. The molecule has 4 aromatic heterocycles. The standard InChI is InChI=1S/C54H32N2O2/c1-3-13-35(14-4-1)55-43-23-9-7-17-39(43)49-45(55)29-31-47-51(49)41-21-11-19-37(53(41)57-47)33-25-27-34(28-26-33)38-20-12-22-42-52-48(58-54(38)42)32-30-46-50(52)40-18-8-10-24-44(40)56(46)36-15-5-2-6-16-36/h1-32H. The number of furan rings is 2. The van der Waals surface area contributed by atoms with Gasteiger partial charge in [0, 0.05) is 65.6 Å². The van der Waals surface area contributed by atoms with E-state index in [9.17, 15) is 0 Å². The lowest BCUT2D eigenvalue weighted by Crippen LogP contribution is -1.92. The number of hydrogen-bond acceptors (Lipinski definition) is 2. The van der Waals surface area contributed by atoms with Gasteiger partial charge < -0.3 is 18.0 Å². The van der Waals surface area contributed by atoms with Crippen molar-refractivity contribution in [3.8, 4) is 33.6 Å². The Bertz CT molecular complexity index is 3520. The molecule has 13 rings (SSSR count). The van der Waals surface area contributed by atoms with E-state index in [2.05, 4.69) is 203 Å².